The Balaban J connectivity index is 1.64. The van der Waals surface area contributed by atoms with Crippen molar-refractivity contribution in [3.8, 4) is 0 Å². The smallest absolute Gasteiger partial charge is 0.303 e. The first kappa shape index (κ1) is 29.2. The normalized spacial score (nSPS) is 22.7. The van der Waals surface area contributed by atoms with Gasteiger partial charge in [0.15, 0.2) is 0 Å². The lowest BCUT2D eigenvalue weighted by molar-refractivity contribution is -0.137. The molecule has 0 amide bonds. The van der Waals surface area contributed by atoms with Crippen LogP contribution in [0.25, 0.3) is 0 Å². The van der Waals surface area contributed by atoms with Crippen molar-refractivity contribution in [2.24, 2.45) is 11.8 Å². The summed E-state index contributed by atoms with van der Waals surface area (Å²) in [5.41, 5.74) is 1.60. The SMILES string of the molecule is O=C(O)CCC/C=C/CC1C(O)CC(OCc2ccccc2Br)C1/C=C/C(O)CCc1ccccc1F. The molecule has 0 saturated heterocycles. The van der Waals surface area contributed by atoms with Crippen molar-refractivity contribution >= 4 is 21.9 Å². The van der Waals surface area contributed by atoms with Gasteiger partial charge in [0.05, 0.1) is 24.9 Å². The molecule has 0 radical (unpaired) electrons. The largest absolute Gasteiger partial charge is 0.481 e. The number of ether oxygens (including phenoxy) is 1. The van der Waals surface area contributed by atoms with Crippen LogP contribution in [-0.2, 0) is 22.6 Å². The molecule has 2 aromatic rings. The van der Waals surface area contributed by atoms with Crippen molar-refractivity contribution < 1.29 is 29.2 Å². The number of aryl methyl sites for hydroxylation is 1. The van der Waals surface area contributed by atoms with Gasteiger partial charge in [-0.15, -0.1) is 0 Å². The van der Waals surface area contributed by atoms with Gasteiger partial charge in [-0.2, -0.15) is 0 Å². The lowest BCUT2D eigenvalue weighted by Crippen LogP contribution is -2.22. The molecule has 1 aliphatic carbocycles. The molecule has 5 unspecified atom stereocenters. The third-order valence-electron chi connectivity index (χ3n) is 6.86. The third kappa shape index (κ3) is 9.49. The summed E-state index contributed by atoms with van der Waals surface area (Å²) in [5.74, 6) is -1.27. The second-order valence-electron chi connectivity index (χ2n) is 9.56. The van der Waals surface area contributed by atoms with E-state index < -0.39 is 18.2 Å². The first-order valence-corrected chi connectivity index (χ1v) is 13.6. The van der Waals surface area contributed by atoms with Gasteiger partial charge in [-0.3, -0.25) is 4.79 Å². The van der Waals surface area contributed by atoms with Gasteiger partial charge in [0.2, 0.25) is 0 Å². The standard InChI is InChI=1S/C30H36BrFO5/c31-26-12-7-5-10-22(26)20-37-29-19-28(34)24(11-3-1-2-4-14-30(35)36)25(29)18-17-23(33)16-15-21-9-6-8-13-27(21)32/h1,3,5-10,12-13,17-18,23-25,28-29,33-34H,2,4,11,14-16,19-20H2,(H,35,36)/b3-1+,18-17+. The van der Waals surface area contributed by atoms with E-state index in [9.17, 15) is 19.4 Å². The van der Waals surface area contributed by atoms with E-state index in [1.807, 2.05) is 42.5 Å². The van der Waals surface area contributed by atoms with Gasteiger partial charge in [0, 0.05) is 23.2 Å². The van der Waals surface area contributed by atoms with Crippen molar-refractivity contribution in [2.45, 2.75) is 69.9 Å². The fourth-order valence-electron chi connectivity index (χ4n) is 4.77. The minimum absolute atomic E-state index is 0.0880. The number of unbranched alkanes of at least 4 members (excludes halogenated alkanes) is 1. The minimum atomic E-state index is -0.802. The summed E-state index contributed by atoms with van der Waals surface area (Å²) >= 11 is 3.55. The zero-order valence-electron chi connectivity index (χ0n) is 20.9. The molecular weight excluding hydrogens is 539 g/mol. The average molecular weight is 576 g/mol. The Bertz CT molecular complexity index is 1060. The summed E-state index contributed by atoms with van der Waals surface area (Å²) in [6, 6.07) is 14.4. The molecule has 0 bridgehead atoms. The van der Waals surface area contributed by atoms with Gasteiger partial charge in [0.1, 0.15) is 5.82 Å². The second kappa shape index (κ2) is 15.2. The molecule has 0 spiro atoms. The van der Waals surface area contributed by atoms with E-state index in [1.54, 1.807) is 24.3 Å². The Kier molecular flexibility index (Phi) is 12.0. The monoisotopic (exact) mass is 574 g/mol. The van der Waals surface area contributed by atoms with Gasteiger partial charge in [-0.05, 0) is 61.3 Å². The summed E-state index contributed by atoms with van der Waals surface area (Å²) in [7, 11) is 0. The number of halogens is 2. The van der Waals surface area contributed by atoms with E-state index in [1.165, 1.54) is 6.07 Å². The van der Waals surface area contributed by atoms with Crippen LogP contribution in [0.5, 0.6) is 0 Å². The van der Waals surface area contributed by atoms with Crippen LogP contribution >= 0.6 is 15.9 Å². The maximum atomic E-state index is 13.9. The van der Waals surface area contributed by atoms with E-state index >= 15 is 0 Å². The average Bonchev–Trinajstić information content (AvgIpc) is 3.17. The van der Waals surface area contributed by atoms with Crippen LogP contribution in [0, 0.1) is 17.7 Å². The molecule has 1 aliphatic rings. The second-order valence-corrected chi connectivity index (χ2v) is 10.4. The molecule has 3 N–H and O–H groups in total. The summed E-state index contributed by atoms with van der Waals surface area (Å²) in [6.07, 6.45) is 9.45. The van der Waals surface area contributed by atoms with Gasteiger partial charge in [0.25, 0.3) is 0 Å². The predicted molar refractivity (Wildman–Crippen MR) is 145 cm³/mol. The van der Waals surface area contributed by atoms with Gasteiger partial charge < -0.3 is 20.1 Å². The number of aliphatic carboxylic acids is 1. The van der Waals surface area contributed by atoms with Gasteiger partial charge >= 0.3 is 5.97 Å². The van der Waals surface area contributed by atoms with E-state index in [4.69, 9.17) is 9.84 Å². The Morgan fingerprint density at radius 1 is 1.14 bits per heavy atom. The van der Waals surface area contributed by atoms with Crippen LogP contribution in [0.3, 0.4) is 0 Å². The number of hydrogen-bond acceptors (Lipinski definition) is 4. The molecule has 0 aliphatic heterocycles. The number of carbonyl (C=O) groups is 1. The number of carboxylic acid groups (broad SMARTS) is 1. The van der Waals surface area contributed by atoms with Crippen LogP contribution in [0.2, 0.25) is 0 Å². The van der Waals surface area contributed by atoms with Crippen molar-refractivity contribution in [1.29, 1.82) is 0 Å². The van der Waals surface area contributed by atoms with Crippen LogP contribution in [0.15, 0.2) is 77.3 Å². The molecule has 37 heavy (non-hydrogen) atoms. The topological polar surface area (TPSA) is 87.0 Å². The molecule has 2 aromatic carbocycles. The lowest BCUT2D eigenvalue weighted by atomic mass is 9.89. The van der Waals surface area contributed by atoms with Crippen LogP contribution < -0.4 is 0 Å². The molecule has 0 heterocycles. The highest BCUT2D eigenvalue weighted by Gasteiger charge is 2.41. The fraction of sp³-hybridized carbons (Fsp3) is 0.433. The number of carboxylic acids is 1. The first-order chi connectivity index (χ1) is 17.8. The first-order valence-electron chi connectivity index (χ1n) is 12.8. The molecule has 7 heteroatoms. The van der Waals surface area contributed by atoms with Crippen LogP contribution in [-0.4, -0.2) is 39.6 Å². The molecular formula is C30H36BrFO5. The number of aliphatic hydroxyl groups is 2. The third-order valence-corrected chi connectivity index (χ3v) is 7.64. The predicted octanol–water partition coefficient (Wildman–Crippen LogP) is 6.22. The molecule has 1 saturated carbocycles. The number of aliphatic hydroxyl groups excluding tert-OH is 2. The number of allylic oxidation sites excluding steroid dienone is 2. The zero-order chi connectivity index (χ0) is 26.6. The number of hydrogen-bond donors (Lipinski definition) is 3. The maximum Gasteiger partial charge on any atom is 0.303 e. The molecule has 1 fully saturated rings. The van der Waals surface area contributed by atoms with Crippen molar-refractivity contribution in [1.82, 2.24) is 0 Å². The van der Waals surface area contributed by atoms with Gasteiger partial charge in [-0.25, -0.2) is 4.39 Å². The van der Waals surface area contributed by atoms with E-state index in [2.05, 4.69) is 15.9 Å². The van der Waals surface area contributed by atoms with E-state index in [0.717, 1.165) is 10.0 Å². The Morgan fingerprint density at radius 2 is 1.86 bits per heavy atom. The summed E-state index contributed by atoms with van der Waals surface area (Å²) in [5, 5.41) is 30.2. The number of rotatable bonds is 14. The van der Waals surface area contributed by atoms with E-state index in [0.29, 0.717) is 50.7 Å². The molecule has 5 nitrogen and oxygen atoms in total. The van der Waals surface area contributed by atoms with Crippen LogP contribution in [0.4, 0.5) is 4.39 Å². The highest BCUT2D eigenvalue weighted by atomic mass is 79.9. The molecule has 3 rings (SSSR count). The minimum Gasteiger partial charge on any atom is -0.481 e. The van der Waals surface area contributed by atoms with E-state index in [-0.39, 0.29) is 30.2 Å². The van der Waals surface area contributed by atoms with Crippen molar-refractivity contribution in [2.75, 3.05) is 0 Å². The highest BCUT2D eigenvalue weighted by molar-refractivity contribution is 9.10. The summed E-state index contributed by atoms with van der Waals surface area (Å²) in [6.45, 7) is 0.400. The summed E-state index contributed by atoms with van der Waals surface area (Å²) < 4.78 is 21.2. The molecule has 0 aromatic heterocycles. The summed E-state index contributed by atoms with van der Waals surface area (Å²) in [4.78, 5) is 10.7. The lowest BCUT2D eigenvalue weighted by Gasteiger charge is -2.23. The highest BCUT2D eigenvalue weighted by Crippen LogP contribution is 2.39. The molecule has 200 valence electrons. The maximum absolute atomic E-state index is 13.9. The fourth-order valence-corrected chi connectivity index (χ4v) is 5.17. The Labute approximate surface area is 226 Å². The van der Waals surface area contributed by atoms with Crippen molar-refractivity contribution in [3.63, 3.8) is 0 Å². The van der Waals surface area contributed by atoms with Crippen LogP contribution in [0.1, 0.15) is 49.7 Å². The van der Waals surface area contributed by atoms with Crippen molar-refractivity contribution in [3.05, 3.63) is 94.3 Å². The zero-order valence-corrected chi connectivity index (χ0v) is 22.5. The number of benzene rings is 2. The Hall–Kier alpha value is -2.32. The quantitative estimate of drug-likeness (QED) is 0.184. The van der Waals surface area contributed by atoms with Gasteiger partial charge in [-0.1, -0.05) is 76.6 Å². The molecule has 5 atom stereocenters. The Morgan fingerprint density at radius 3 is 2.59 bits per heavy atom.